The number of carbonyl (C=O) groups is 1. The van der Waals surface area contributed by atoms with Crippen LogP contribution in [-0.4, -0.2) is 50.8 Å². The molecule has 27 heavy (non-hydrogen) atoms. The van der Waals surface area contributed by atoms with Crippen LogP contribution in [0.4, 0.5) is 16.2 Å². The summed E-state index contributed by atoms with van der Waals surface area (Å²) in [5.41, 5.74) is 3.05. The first-order valence-corrected chi connectivity index (χ1v) is 9.13. The van der Waals surface area contributed by atoms with E-state index in [0.29, 0.717) is 30.3 Å². The van der Waals surface area contributed by atoms with Gasteiger partial charge in [-0.2, -0.15) is 0 Å². The molecule has 0 aromatic heterocycles. The van der Waals surface area contributed by atoms with Crippen LogP contribution in [0.3, 0.4) is 0 Å². The molecule has 0 bridgehead atoms. The molecule has 0 spiro atoms. The van der Waals surface area contributed by atoms with Gasteiger partial charge in [0.1, 0.15) is 11.5 Å². The quantitative estimate of drug-likeness (QED) is 0.892. The fraction of sp³-hybridized carbons (Fsp3) is 0.381. The predicted molar refractivity (Wildman–Crippen MR) is 108 cm³/mol. The van der Waals surface area contributed by atoms with Gasteiger partial charge in [-0.1, -0.05) is 17.7 Å². The highest BCUT2D eigenvalue weighted by molar-refractivity contribution is 5.91. The number of aryl methyl sites for hydroxylation is 1. The lowest BCUT2D eigenvalue weighted by Crippen LogP contribution is -2.54. The van der Waals surface area contributed by atoms with Crippen LogP contribution in [0.15, 0.2) is 42.5 Å². The normalized spacial score (nSPS) is 16.8. The summed E-state index contributed by atoms with van der Waals surface area (Å²) >= 11 is 0. The Morgan fingerprint density at radius 3 is 2.44 bits per heavy atom. The number of carbonyl (C=O) groups excluding carboxylic acids is 1. The van der Waals surface area contributed by atoms with E-state index >= 15 is 0 Å². The molecule has 0 saturated carbocycles. The highest BCUT2D eigenvalue weighted by atomic mass is 16.5. The summed E-state index contributed by atoms with van der Waals surface area (Å²) in [7, 11) is 3.18. The molecule has 144 valence electrons. The van der Waals surface area contributed by atoms with E-state index in [9.17, 15) is 4.79 Å². The number of amides is 2. The molecule has 1 heterocycles. The predicted octanol–water partition coefficient (Wildman–Crippen LogP) is 3.75. The van der Waals surface area contributed by atoms with Crippen molar-refractivity contribution in [2.24, 2.45) is 0 Å². The molecule has 2 aromatic rings. The van der Waals surface area contributed by atoms with E-state index in [1.165, 1.54) is 11.3 Å². The number of hydrogen-bond acceptors (Lipinski definition) is 4. The topological polar surface area (TPSA) is 54.0 Å². The number of ether oxygens (including phenoxy) is 2. The molecule has 2 aromatic carbocycles. The Labute approximate surface area is 160 Å². The Morgan fingerprint density at radius 2 is 1.81 bits per heavy atom. The number of anilines is 2. The average Bonchev–Trinajstić information content (AvgIpc) is 2.68. The van der Waals surface area contributed by atoms with Crippen LogP contribution in [0.5, 0.6) is 11.5 Å². The van der Waals surface area contributed by atoms with Crippen molar-refractivity contribution in [2.75, 3.05) is 44.1 Å². The van der Waals surface area contributed by atoms with Crippen LogP contribution in [0.25, 0.3) is 0 Å². The lowest BCUT2D eigenvalue weighted by Gasteiger charge is -2.41. The summed E-state index contributed by atoms with van der Waals surface area (Å²) in [6, 6.07) is 14.0. The molecule has 0 radical (unpaired) electrons. The zero-order valence-corrected chi connectivity index (χ0v) is 16.4. The molecular formula is C21H27N3O3. The third-order valence-corrected chi connectivity index (χ3v) is 4.93. The third-order valence-electron chi connectivity index (χ3n) is 4.93. The van der Waals surface area contributed by atoms with Gasteiger partial charge in [0.25, 0.3) is 0 Å². The first kappa shape index (κ1) is 18.9. The molecule has 0 aliphatic carbocycles. The molecule has 6 nitrogen and oxygen atoms in total. The van der Waals surface area contributed by atoms with Crippen molar-refractivity contribution in [3.63, 3.8) is 0 Å². The first-order valence-electron chi connectivity index (χ1n) is 9.13. The van der Waals surface area contributed by atoms with Crippen molar-refractivity contribution < 1.29 is 14.3 Å². The van der Waals surface area contributed by atoms with Crippen LogP contribution in [-0.2, 0) is 0 Å². The third kappa shape index (κ3) is 4.27. The van der Waals surface area contributed by atoms with Gasteiger partial charge in [0.15, 0.2) is 0 Å². The monoisotopic (exact) mass is 369 g/mol. The number of benzene rings is 2. The molecule has 1 aliphatic heterocycles. The molecule has 1 fully saturated rings. The number of methoxy groups -OCH3 is 2. The first-order chi connectivity index (χ1) is 13.0. The molecule has 1 saturated heterocycles. The zero-order valence-electron chi connectivity index (χ0n) is 16.4. The second-order valence-corrected chi connectivity index (χ2v) is 6.82. The van der Waals surface area contributed by atoms with Gasteiger partial charge in [-0.3, -0.25) is 0 Å². The number of nitrogens with zero attached hydrogens (tertiary/aromatic N) is 2. The Balaban J connectivity index is 1.66. The molecule has 1 atom stereocenters. The van der Waals surface area contributed by atoms with Crippen molar-refractivity contribution in [3.05, 3.63) is 48.0 Å². The minimum Gasteiger partial charge on any atom is -0.497 e. The zero-order chi connectivity index (χ0) is 19.4. The summed E-state index contributed by atoms with van der Waals surface area (Å²) in [6.07, 6.45) is 0. The lowest BCUT2D eigenvalue weighted by atomic mass is 10.1. The Bertz CT molecular complexity index is 792. The number of piperazine rings is 1. The van der Waals surface area contributed by atoms with E-state index < -0.39 is 0 Å². The van der Waals surface area contributed by atoms with Crippen LogP contribution in [0.2, 0.25) is 0 Å². The molecular weight excluding hydrogens is 342 g/mol. The van der Waals surface area contributed by atoms with Crippen LogP contribution >= 0.6 is 0 Å². The van der Waals surface area contributed by atoms with Gasteiger partial charge >= 0.3 is 6.03 Å². The standard InChI is InChI=1S/C21H27N3O3/c1-15-5-7-17(8-6-15)24-12-11-23(14-16(24)2)21(25)22-19-13-18(26-3)9-10-20(19)27-4/h5-10,13,16H,11-12,14H2,1-4H3,(H,22,25)/t16-/m1/s1. The van der Waals surface area contributed by atoms with Crippen molar-refractivity contribution in [2.45, 2.75) is 19.9 Å². The van der Waals surface area contributed by atoms with Gasteiger partial charge in [-0.05, 0) is 38.1 Å². The van der Waals surface area contributed by atoms with Gasteiger partial charge in [0, 0.05) is 37.4 Å². The van der Waals surface area contributed by atoms with E-state index in [1.54, 1.807) is 32.4 Å². The van der Waals surface area contributed by atoms with Gasteiger partial charge in [0.05, 0.1) is 19.9 Å². The van der Waals surface area contributed by atoms with Crippen molar-refractivity contribution in [1.29, 1.82) is 0 Å². The van der Waals surface area contributed by atoms with E-state index in [2.05, 4.69) is 48.3 Å². The van der Waals surface area contributed by atoms with Crippen LogP contribution in [0, 0.1) is 6.92 Å². The second kappa shape index (κ2) is 8.20. The fourth-order valence-electron chi connectivity index (χ4n) is 3.37. The molecule has 2 amide bonds. The molecule has 6 heteroatoms. The van der Waals surface area contributed by atoms with Gasteiger partial charge in [-0.25, -0.2) is 4.79 Å². The number of nitrogens with one attached hydrogen (secondary N) is 1. The summed E-state index contributed by atoms with van der Waals surface area (Å²) in [5.74, 6) is 1.28. The summed E-state index contributed by atoms with van der Waals surface area (Å²) in [5, 5.41) is 2.95. The van der Waals surface area contributed by atoms with Crippen LogP contribution in [0.1, 0.15) is 12.5 Å². The maximum absolute atomic E-state index is 12.8. The average molecular weight is 369 g/mol. The summed E-state index contributed by atoms with van der Waals surface area (Å²) in [4.78, 5) is 17.0. The van der Waals surface area contributed by atoms with Crippen LogP contribution < -0.4 is 19.7 Å². The van der Waals surface area contributed by atoms with E-state index in [4.69, 9.17) is 9.47 Å². The Hall–Kier alpha value is -2.89. The molecule has 0 unspecified atom stereocenters. The van der Waals surface area contributed by atoms with E-state index in [-0.39, 0.29) is 12.1 Å². The maximum Gasteiger partial charge on any atom is 0.322 e. The smallest absolute Gasteiger partial charge is 0.322 e. The maximum atomic E-state index is 12.8. The highest BCUT2D eigenvalue weighted by Gasteiger charge is 2.27. The summed E-state index contributed by atoms with van der Waals surface area (Å²) < 4.78 is 10.6. The fourth-order valence-corrected chi connectivity index (χ4v) is 3.37. The Morgan fingerprint density at radius 1 is 1.07 bits per heavy atom. The number of urea groups is 1. The Kier molecular flexibility index (Phi) is 5.74. The number of rotatable bonds is 4. The second-order valence-electron chi connectivity index (χ2n) is 6.82. The summed E-state index contributed by atoms with van der Waals surface area (Å²) in [6.45, 7) is 6.35. The van der Waals surface area contributed by atoms with Crippen molar-refractivity contribution in [1.82, 2.24) is 4.90 Å². The van der Waals surface area contributed by atoms with Gasteiger partial charge in [0.2, 0.25) is 0 Å². The number of hydrogen-bond donors (Lipinski definition) is 1. The SMILES string of the molecule is COc1ccc(OC)c(NC(=O)N2CCN(c3ccc(C)cc3)[C@H](C)C2)c1. The molecule has 1 N–H and O–H groups in total. The van der Waals surface area contributed by atoms with Gasteiger partial charge in [-0.15, -0.1) is 0 Å². The minimum atomic E-state index is -0.128. The largest absolute Gasteiger partial charge is 0.497 e. The molecule has 3 rings (SSSR count). The lowest BCUT2D eigenvalue weighted by molar-refractivity contribution is 0.200. The van der Waals surface area contributed by atoms with Crippen molar-refractivity contribution in [3.8, 4) is 11.5 Å². The highest BCUT2D eigenvalue weighted by Crippen LogP contribution is 2.29. The van der Waals surface area contributed by atoms with E-state index in [1.807, 2.05) is 4.90 Å². The van der Waals surface area contributed by atoms with Crippen molar-refractivity contribution >= 4 is 17.4 Å². The van der Waals surface area contributed by atoms with E-state index in [0.717, 1.165) is 6.54 Å². The minimum absolute atomic E-state index is 0.128. The molecule has 1 aliphatic rings. The van der Waals surface area contributed by atoms with Gasteiger partial charge < -0.3 is 24.6 Å².